The third kappa shape index (κ3) is 3.99. The van der Waals surface area contributed by atoms with E-state index in [2.05, 4.69) is 17.4 Å². The van der Waals surface area contributed by atoms with Crippen LogP contribution in [0.1, 0.15) is 30.2 Å². The van der Waals surface area contributed by atoms with Crippen LogP contribution >= 0.6 is 0 Å². The molecule has 3 aromatic rings. The zero-order valence-corrected chi connectivity index (χ0v) is 14.8. The summed E-state index contributed by atoms with van der Waals surface area (Å²) in [5, 5.41) is 7.85. The van der Waals surface area contributed by atoms with E-state index in [1.807, 2.05) is 50.2 Å². The molecule has 0 aliphatic heterocycles. The van der Waals surface area contributed by atoms with E-state index in [-0.39, 0.29) is 12.3 Å². The largest absolute Gasteiger partial charge is 0.494 e. The quantitative estimate of drug-likeness (QED) is 0.723. The van der Waals surface area contributed by atoms with E-state index >= 15 is 0 Å². The van der Waals surface area contributed by atoms with Gasteiger partial charge in [-0.2, -0.15) is 0 Å². The highest BCUT2D eigenvalue weighted by Crippen LogP contribution is 2.24. The number of aryl methyl sites for hydroxylation is 2. The normalized spacial score (nSPS) is 10.8. The van der Waals surface area contributed by atoms with Crippen LogP contribution in [0.5, 0.6) is 5.75 Å². The van der Waals surface area contributed by atoms with Gasteiger partial charge in [-0.3, -0.25) is 4.79 Å². The Morgan fingerprint density at radius 3 is 2.68 bits per heavy atom. The fourth-order valence-electron chi connectivity index (χ4n) is 2.78. The van der Waals surface area contributed by atoms with Gasteiger partial charge in [0.15, 0.2) is 5.58 Å². The van der Waals surface area contributed by atoms with Crippen molar-refractivity contribution in [1.82, 2.24) is 5.16 Å². The van der Waals surface area contributed by atoms with Crippen molar-refractivity contribution in [2.45, 2.75) is 33.6 Å². The number of benzene rings is 2. The Morgan fingerprint density at radius 1 is 1.20 bits per heavy atom. The van der Waals surface area contributed by atoms with Crippen molar-refractivity contribution in [1.29, 1.82) is 0 Å². The Balaban J connectivity index is 1.68. The molecule has 3 rings (SSSR count). The van der Waals surface area contributed by atoms with Gasteiger partial charge in [0.25, 0.3) is 0 Å². The average Bonchev–Trinajstić information content (AvgIpc) is 2.97. The maximum absolute atomic E-state index is 12.3. The van der Waals surface area contributed by atoms with Gasteiger partial charge in [-0.05, 0) is 61.7 Å². The molecule has 1 aromatic heterocycles. The van der Waals surface area contributed by atoms with Gasteiger partial charge >= 0.3 is 0 Å². The first-order valence-electron chi connectivity index (χ1n) is 8.45. The monoisotopic (exact) mass is 338 g/mol. The van der Waals surface area contributed by atoms with Gasteiger partial charge in [-0.15, -0.1) is 0 Å². The third-order valence-electron chi connectivity index (χ3n) is 3.92. The van der Waals surface area contributed by atoms with Gasteiger partial charge < -0.3 is 14.6 Å². The molecule has 1 amide bonds. The Morgan fingerprint density at radius 2 is 1.96 bits per heavy atom. The van der Waals surface area contributed by atoms with Crippen molar-refractivity contribution < 1.29 is 14.1 Å². The van der Waals surface area contributed by atoms with Crippen LogP contribution in [0.3, 0.4) is 0 Å². The Labute approximate surface area is 147 Å². The lowest BCUT2D eigenvalue weighted by atomic mass is 10.1. The number of hydrogen-bond acceptors (Lipinski definition) is 4. The molecule has 1 N–H and O–H groups in total. The summed E-state index contributed by atoms with van der Waals surface area (Å²) in [6.07, 6.45) is 1.13. The maximum Gasteiger partial charge on any atom is 0.230 e. The number of carbonyl (C=O) groups is 1. The number of ether oxygens (including phenoxy) is 1. The topological polar surface area (TPSA) is 64.4 Å². The van der Waals surface area contributed by atoms with Crippen LogP contribution in [0.15, 0.2) is 40.9 Å². The number of carbonyl (C=O) groups excluding carboxylic acids is 1. The van der Waals surface area contributed by atoms with Gasteiger partial charge in [-0.25, -0.2) is 0 Å². The number of fused-ring (bicyclic) bond motifs is 1. The van der Waals surface area contributed by atoms with Crippen molar-refractivity contribution in [2.75, 3.05) is 11.9 Å². The molecule has 0 bridgehead atoms. The first-order valence-corrected chi connectivity index (χ1v) is 8.45. The zero-order chi connectivity index (χ0) is 17.8. The van der Waals surface area contributed by atoms with E-state index in [1.165, 1.54) is 0 Å². The van der Waals surface area contributed by atoms with Crippen LogP contribution in [0, 0.1) is 13.8 Å². The second kappa shape index (κ2) is 7.38. The highest BCUT2D eigenvalue weighted by Gasteiger charge is 2.14. The molecule has 0 aliphatic rings. The van der Waals surface area contributed by atoms with Gasteiger partial charge in [0.2, 0.25) is 5.91 Å². The summed E-state index contributed by atoms with van der Waals surface area (Å²) in [7, 11) is 0. The second-order valence-electron chi connectivity index (χ2n) is 6.19. The number of amides is 1. The van der Waals surface area contributed by atoms with E-state index in [4.69, 9.17) is 9.26 Å². The molecule has 0 aliphatic carbocycles. The average molecular weight is 338 g/mol. The molecule has 130 valence electrons. The van der Waals surface area contributed by atoms with E-state index in [1.54, 1.807) is 0 Å². The molecular formula is C20H22N2O3. The van der Waals surface area contributed by atoms with Crippen LogP contribution < -0.4 is 10.1 Å². The third-order valence-corrected chi connectivity index (χ3v) is 3.92. The summed E-state index contributed by atoms with van der Waals surface area (Å²) in [4.78, 5) is 12.3. The SMILES string of the molecule is CCCOc1ccc(NC(=O)Cc2noc3c(C)cc(C)cc23)cc1. The van der Waals surface area contributed by atoms with Crippen molar-refractivity contribution in [2.24, 2.45) is 0 Å². The van der Waals surface area contributed by atoms with Crippen molar-refractivity contribution in [3.05, 3.63) is 53.2 Å². The molecule has 0 saturated heterocycles. The van der Waals surface area contributed by atoms with E-state index in [0.29, 0.717) is 12.3 Å². The number of anilines is 1. The molecule has 0 unspecified atom stereocenters. The fourth-order valence-corrected chi connectivity index (χ4v) is 2.78. The molecule has 5 heteroatoms. The first-order chi connectivity index (χ1) is 12.1. The number of nitrogens with one attached hydrogen (secondary N) is 1. The van der Waals surface area contributed by atoms with Crippen LogP contribution in [0.2, 0.25) is 0 Å². The standard InChI is InChI=1S/C20H22N2O3/c1-4-9-24-16-7-5-15(6-8-16)21-19(23)12-18-17-11-13(2)10-14(3)20(17)25-22-18/h5-8,10-11H,4,9,12H2,1-3H3,(H,21,23). The minimum Gasteiger partial charge on any atom is -0.494 e. The van der Waals surface area contributed by atoms with Gasteiger partial charge in [-0.1, -0.05) is 18.1 Å². The predicted octanol–water partition coefficient (Wildman–Crippen LogP) is 4.41. The molecule has 2 aromatic carbocycles. The van der Waals surface area contributed by atoms with Gasteiger partial charge in [0.05, 0.1) is 13.0 Å². The maximum atomic E-state index is 12.3. The van der Waals surface area contributed by atoms with Gasteiger partial charge in [0, 0.05) is 11.1 Å². The Bertz CT molecular complexity index is 882. The lowest BCUT2D eigenvalue weighted by molar-refractivity contribution is -0.115. The zero-order valence-electron chi connectivity index (χ0n) is 14.8. The van der Waals surface area contributed by atoms with Crippen LogP contribution in [0.4, 0.5) is 5.69 Å². The van der Waals surface area contributed by atoms with Crippen molar-refractivity contribution in [3.63, 3.8) is 0 Å². The lowest BCUT2D eigenvalue weighted by Gasteiger charge is -2.07. The summed E-state index contributed by atoms with van der Waals surface area (Å²) in [6.45, 7) is 6.74. The molecule has 0 saturated carbocycles. The van der Waals surface area contributed by atoms with Crippen LogP contribution in [0.25, 0.3) is 11.0 Å². The number of hydrogen-bond donors (Lipinski definition) is 1. The molecule has 1 heterocycles. The summed E-state index contributed by atoms with van der Waals surface area (Å²) in [5.41, 5.74) is 4.27. The molecule has 25 heavy (non-hydrogen) atoms. The minimum atomic E-state index is -0.128. The van der Waals surface area contributed by atoms with Crippen LogP contribution in [-0.4, -0.2) is 17.7 Å². The summed E-state index contributed by atoms with van der Waals surface area (Å²) < 4.78 is 10.9. The molecule has 0 fully saturated rings. The highest BCUT2D eigenvalue weighted by molar-refractivity contribution is 5.95. The van der Waals surface area contributed by atoms with Gasteiger partial charge in [0.1, 0.15) is 11.4 Å². The predicted molar refractivity (Wildman–Crippen MR) is 98.0 cm³/mol. The summed E-state index contributed by atoms with van der Waals surface area (Å²) in [5.74, 6) is 0.671. The smallest absolute Gasteiger partial charge is 0.230 e. The fraction of sp³-hybridized carbons (Fsp3) is 0.300. The Hall–Kier alpha value is -2.82. The molecule has 0 radical (unpaired) electrons. The van der Waals surface area contributed by atoms with Crippen LogP contribution in [-0.2, 0) is 11.2 Å². The summed E-state index contributed by atoms with van der Waals surface area (Å²) >= 11 is 0. The van der Waals surface area contributed by atoms with Crippen molar-refractivity contribution in [3.8, 4) is 5.75 Å². The molecule has 5 nitrogen and oxygen atoms in total. The number of aromatic nitrogens is 1. The Kier molecular flexibility index (Phi) is 5.03. The number of rotatable bonds is 6. The number of nitrogens with zero attached hydrogens (tertiary/aromatic N) is 1. The van der Waals surface area contributed by atoms with E-state index in [9.17, 15) is 4.79 Å². The highest BCUT2D eigenvalue weighted by atomic mass is 16.5. The molecule has 0 spiro atoms. The summed E-state index contributed by atoms with van der Waals surface area (Å²) in [6, 6.07) is 11.4. The van der Waals surface area contributed by atoms with E-state index in [0.717, 1.165) is 40.0 Å². The van der Waals surface area contributed by atoms with Crippen molar-refractivity contribution >= 4 is 22.6 Å². The minimum absolute atomic E-state index is 0.128. The first kappa shape index (κ1) is 17.0. The molecule has 0 atom stereocenters. The second-order valence-corrected chi connectivity index (χ2v) is 6.19. The lowest BCUT2D eigenvalue weighted by Crippen LogP contribution is -2.14. The van der Waals surface area contributed by atoms with E-state index < -0.39 is 0 Å². The molecular weight excluding hydrogens is 316 g/mol.